The maximum atomic E-state index is 13.8. The molecule has 8 heteroatoms. The molecule has 1 atom stereocenters. The van der Waals surface area contributed by atoms with Gasteiger partial charge >= 0.3 is 6.15 Å². The molecule has 0 bridgehead atoms. The lowest BCUT2D eigenvalue weighted by atomic mass is 9.69. The van der Waals surface area contributed by atoms with Crippen LogP contribution in [0.2, 0.25) is 0 Å². The summed E-state index contributed by atoms with van der Waals surface area (Å²) in [5.41, 5.74) is 1.71. The van der Waals surface area contributed by atoms with Crippen molar-refractivity contribution in [3.8, 4) is 0 Å². The van der Waals surface area contributed by atoms with E-state index in [0.29, 0.717) is 36.4 Å². The second-order valence-corrected chi connectivity index (χ2v) is 11.9. The summed E-state index contributed by atoms with van der Waals surface area (Å²) in [6, 6.07) is 8.17. The van der Waals surface area contributed by atoms with Gasteiger partial charge in [-0.15, -0.1) is 0 Å². The fourth-order valence-electron chi connectivity index (χ4n) is 6.18. The normalized spacial score (nSPS) is 25.4. The minimum atomic E-state index is -0.397. The van der Waals surface area contributed by atoms with Crippen LogP contribution in [0.5, 0.6) is 0 Å². The first-order valence-corrected chi connectivity index (χ1v) is 14.1. The number of nitrogens with one attached hydrogen (secondary N) is 1. The predicted octanol–water partition coefficient (Wildman–Crippen LogP) is 4.44. The molecule has 0 unspecified atom stereocenters. The van der Waals surface area contributed by atoms with Crippen LogP contribution in [0.3, 0.4) is 0 Å². The Bertz CT molecular complexity index is 1030. The van der Waals surface area contributed by atoms with Crippen LogP contribution in [-0.4, -0.2) is 64.9 Å². The zero-order valence-corrected chi connectivity index (χ0v) is 23.7. The Morgan fingerprint density at radius 3 is 2.29 bits per heavy atom. The molecule has 1 spiro atoms. The summed E-state index contributed by atoms with van der Waals surface area (Å²) in [5, 5.41) is 2.84. The van der Waals surface area contributed by atoms with Crippen molar-refractivity contribution in [3.05, 3.63) is 35.4 Å². The molecule has 3 aliphatic rings. The van der Waals surface area contributed by atoms with Crippen molar-refractivity contribution in [1.29, 1.82) is 0 Å². The average molecular weight is 525 g/mol. The van der Waals surface area contributed by atoms with Gasteiger partial charge in [-0.2, -0.15) is 9.59 Å². The lowest BCUT2D eigenvalue weighted by Crippen LogP contribution is -2.52. The SMILES string of the molecule is CCNC(=O)c1ccc(CCN2C(=O)C(N3CCCC[C@@H]3C)=NC23CCC(C(C)(C)C)CC3)cc1.O=C=O. The van der Waals surface area contributed by atoms with Crippen molar-refractivity contribution >= 4 is 23.8 Å². The smallest absolute Gasteiger partial charge is 0.352 e. The van der Waals surface area contributed by atoms with E-state index in [-0.39, 0.29) is 23.4 Å². The summed E-state index contributed by atoms with van der Waals surface area (Å²) in [5.74, 6) is 1.45. The second-order valence-electron chi connectivity index (χ2n) is 11.9. The van der Waals surface area contributed by atoms with Gasteiger partial charge in [-0.3, -0.25) is 9.59 Å². The van der Waals surface area contributed by atoms with Crippen LogP contribution in [0.4, 0.5) is 0 Å². The Hall–Kier alpha value is -2.99. The third kappa shape index (κ3) is 6.71. The maximum Gasteiger partial charge on any atom is 0.373 e. The number of hydrogen-bond acceptors (Lipinski definition) is 6. The van der Waals surface area contributed by atoms with Crippen LogP contribution < -0.4 is 5.32 Å². The van der Waals surface area contributed by atoms with E-state index in [4.69, 9.17) is 14.6 Å². The van der Waals surface area contributed by atoms with Crippen LogP contribution in [0, 0.1) is 11.3 Å². The van der Waals surface area contributed by atoms with Crippen LogP contribution in [0.1, 0.15) is 95.5 Å². The summed E-state index contributed by atoms with van der Waals surface area (Å²) in [7, 11) is 0. The first-order chi connectivity index (χ1) is 18.1. The monoisotopic (exact) mass is 524 g/mol. The highest BCUT2D eigenvalue weighted by Gasteiger charge is 2.51. The highest BCUT2D eigenvalue weighted by molar-refractivity contribution is 6.39. The van der Waals surface area contributed by atoms with Gasteiger partial charge in [0.1, 0.15) is 5.66 Å². The van der Waals surface area contributed by atoms with Gasteiger partial charge in [-0.05, 0) is 94.2 Å². The Labute approximate surface area is 227 Å². The van der Waals surface area contributed by atoms with E-state index in [0.717, 1.165) is 57.1 Å². The molecule has 2 amide bonds. The number of likely N-dealkylation sites (tertiary alicyclic amines) is 1. The number of amides is 2. The van der Waals surface area contributed by atoms with Crippen molar-refractivity contribution in [2.75, 3.05) is 19.6 Å². The van der Waals surface area contributed by atoms with E-state index in [2.05, 4.69) is 42.8 Å². The number of rotatable bonds is 5. The highest BCUT2D eigenvalue weighted by atomic mass is 16.2. The van der Waals surface area contributed by atoms with Crippen molar-refractivity contribution < 1.29 is 19.2 Å². The largest absolute Gasteiger partial charge is 0.373 e. The molecule has 2 aliphatic heterocycles. The van der Waals surface area contributed by atoms with E-state index < -0.39 is 5.66 Å². The quantitative estimate of drug-likeness (QED) is 0.614. The summed E-state index contributed by atoms with van der Waals surface area (Å²) in [4.78, 5) is 51.8. The molecule has 1 aliphatic carbocycles. The van der Waals surface area contributed by atoms with E-state index in [1.54, 1.807) is 0 Å². The van der Waals surface area contributed by atoms with Crippen LogP contribution >= 0.6 is 0 Å². The zero-order valence-electron chi connectivity index (χ0n) is 23.7. The van der Waals surface area contributed by atoms with Gasteiger partial charge in [0, 0.05) is 31.2 Å². The molecule has 2 fully saturated rings. The number of aliphatic imine (C=N–C) groups is 1. The van der Waals surface area contributed by atoms with Gasteiger partial charge in [0.25, 0.3) is 11.8 Å². The molecule has 1 saturated heterocycles. The molecule has 4 rings (SSSR count). The van der Waals surface area contributed by atoms with Crippen molar-refractivity contribution in [2.45, 2.75) is 97.7 Å². The number of nitrogens with zero attached hydrogens (tertiary/aromatic N) is 3. The van der Waals surface area contributed by atoms with Crippen molar-refractivity contribution in [2.24, 2.45) is 16.3 Å². The number of benzene rings is 1. The second kappa shape index (κ2) is 12.7. The van der Waals surface area contributed by atoms with Crippen molar-refractivity contribution in [3.63, 3.8) is 0 Å². The minimum Gasteiger partial charge on any atom is -0.352 e. The topological polar surface area (TPSA) is 99.2 Å². The zero-order chi connectivity index (χ0) is 27.9. The maximum absolute atomic E-state index is 13.8. The van der Waals surface area contributed by atoms with Gasteiger partial charge in [0.2, 0.25) is 0 Å². The third-order valence-corrected chi connectivity index (χ3v) is 8.52. The number of carbonyl (C=O) groups excluding carboxylic acids is 4. The third-order valence-electron chi connectivity index (χ3n) is 8.52. The molecule has 1 aromatic carbocycles. The molecule has 38 heavy (non-hydrogen) atoms. The predicted molar refractivity (Wildman–Crippen MR) is 146 cm³/mol. The Morgan fingerprint density at radius 2 is 1.74 bits per heavy atom. The fraction of sp³-hybridized carbons (Fsp3) is 0.667. The molecule has 0 aromatic heterocycles. The van der Waals surface area contributed by atoms with Gasteiger partial charge in [-0.25, -0.2) is 4.99 Å². The lowest BCUT2D eigenvalue weighted by molar-refractivity contribution is -0.191. The number of hydrogen-bond donors (Lipinski definition) is 1. The Balaban J connectivity index is 0.00000127. The molecule has 8 nitrogen and oxygen atoms in total. The number of carbonyl (C=O) groups is 2. The van der Waals surface area contributed by atoms with E-state index in [9.17, 15) is 9.59 Å². The van der Waals surface area contributed by atoms with E-state index >= 15 is 0 Å². The van der Waals surface area contributed by atoms with Gasteiger partial charge in [0.05, 0.1) is 0 Å². The van der Waals surface area contributed by atoms with E-state index in [1.165, 1.54) is 6.42 Å². The van der Waals surface area contributed by atoms with Gasteiger partial charge in [-0.1, -0.05) is 32.9 Å². The summed E-state index contributed by atoms with van der Waals surface area (Å²) in [6.07, 6.45) is 8.63. The van der Waals surface area contributed by atoms with E-state index in [1.807, 2.05) is 31.2 Å². The summed E-state index contributed by atoms with van der Waals surface area (Å²) < 4.78 is 0. The number of amidine groups is 1. The average Bonchev–Trinajstić information content (AvgIpc) is 3.14. The van der Waals surface area contributed by atoms with Crippen LogP contribution in [0.15, 0.2) is 29.3 Å². The fourth-order valence-corrected chi connectivity index (χ4v) is 6.18. The Kier molecular flexibility index (Phi) is 9.88. The van der Waals surface area contributed by atoms with Gasteiger partial charge in [0.15, 0.2) is 5.84 Å². The van der Waals surface area contributed by atoms with Crippen LogP contribution in [-0.2, 0) is 20.8 Å². The molecule has 2 heterocycles. The van der Waals surface area contributed by atoms with Crippen molar-refractivity contribution in [1.82, 2.24) is 15.1 Å². The molecule has 1 N–H and O–H groups in total. The standard InChI is InChI=1S/C29H44N4O2.CO2/c1-6-30-26(34)23-12-10-22(11-13-23)16-20-33-27(35)25(32-19-8-7-9-21(32)2)31-29(33)17-14-24(15-18-29)28(3,4)5;2-1-3/h10-13,21,24H,6-9,14-20H2,1-5H3,(H,30,34);/t21-,24?,29?;/m0./s1. The molecular formula is C30H44N4O4. The molecular weight excluding hydrogens is 480 g/mol. The minimum absolute atomic E-state index is 0.0444. The van der Waals surface area contributed by atoms with Gasteiger partial charge < -0.3 is 15.1 Å². The Morgan fingerprint density at radius 1 is 1.11 bits per heavy atom. The molecule has 1 saturated carbocycles. The first kappa shape index (κ1) is 29.6. The number of piperidine rings is 1. The van der Waals surface area contributed by atoms with Crippen LogP contribution in [0.25, 0.3) is 0 Å². The molecule has 1 aromatic rings. The highest BCUT2D eigenvalue weighted by Crippen LogP contribution is 2.46. The first-order valence-electron chi connectivity index (χ1n) is 14.1. The lowest BCUT2D eigenvalue weighted by Gasteiger charge is -2.44. The molecule has 208 valence electrons. The summed E-state index contributed by atoms with van der Waals surface area (Å²) in [6.45, 7) is 13.4. The summed E-state index contributed by atoms with van der Waals surface area (Å²) >= 11 is 0. The molecule has 0 radical (unpaired) electrons.